The number of benzene rings is 3. The number of nitrogens with zero attached hydrogens (tertiary/aromatic N) is 2. The van der Waals surface area contributed by atoms with Crippen LogP contribution in [0.15, 0.2) is 82.3 Å². The third kappa shape index (κ3) is 5.07. The topological polar surface area (TPSA) is 51.5 Å². The number of hydrogen-bond acceptors (Lipinski definition) is 4. The van der Waals surface area contributed by atoms with Gasteiger partial charge in [0.05, 0.1) is 23.0 Å². The van der Waals surface area contributed by atoms with Gasteiger partial charge in [-0.2, -0.15) is 0 Å². The van der Waals surface area contributed by atoms with E-state index in [4.69, 9.17) is 16.3 Å². The Kier molecular flexibility index (Phi) is 7.18. The van der Waals surface area contributed by atoms with Gasteiger partial charge in [0.25, 0.3) is 11.1 Å². The molecule has 3 aromatic carbocycles. The van der Waals surface area contributed by atoms with Crippen LogP contribution in [0.1, 0.15) is 11.1 Å². The van der Waals surface area contributed by atoms with Gasteiger partial charge in [0.1, 0.15) is 18.2 Å². The fraction of sp³-hybridized carbons (Fsp3) is 0.111. The number of aromatic nitrogens is 1. The molecule has 0 N–H and O–H groups in total. The average Bonchev–Trinajstić information content (AvgIpc) is 3.33. The highest BCUT2D eigenvalue weighted by Gasteiger charge is 2.35. The Hall–Kier alpha value is -3.07. The minimum absolute atomic E-state index is 0.110. The molecule has 2 amide bonds. The molecule has 0 saturated carbocycles. The molecule has 2 heterocycles. The molecule has 0 radical (unpaired) electrons. The van der Waals surface area contributed by atoms with E-state index in [1.807, 2.05) is 47.2 Å². The molecule has 4 aromatic rings. The Morgan fingerprint density at radius 3 is 2.64 bits per heavy atom. The number of amides is 2. The Morgan fingerprint density at radius 2 is 1.83 bits per heavy atom. The second-order valence-electron chi connectivity index (χ2n) is 8.08. The Labute approximate surface area is 224 Å². The monoisotopic (exact) mass is 584 g/mol. The molecule has 9 heteroatoms. The second kappa shape index (κ2) is 10.5. The van der Waals surface area contributed by atoms with Crippen molar-refractivity contribution < 1.29 is 18.7 Å². The van der Waals surface area contributed by atoms with Gasteiger partial charge in [-0.1, -0.05) is 57.9 Å². The number of fused-ring (bicyclic) bond motifs is 1. The zero-order valence-corrected chi connectivity index (χ0v) is 21.9. The van der Waals surface area contributed by atoms with E-state index in [1.54, 1.807) is 30.3 Å². The molecule has 0 aliphatic carbocycles. The van der Waals surface area contributed by atoms with Gasteiger partial charge in [-0.3, -0.25) is 14.5 Å². The fourth-order valence-electron chi connectivity index (χ4n) is 3.99. The summed E-state index contributed by atoms with van der Waals surface area (Å²) in [6.07, 6.45) is 3.64. The van der Waals surface area contributed by atoms with Crippen LogP contribution in [0.4, 0.5) is 9.18 Å². The molecule has 1 aliphatic rings. The first kappa shape index (κ1) is 24.6. The zero-order valence-electron chi connectivity index (χ0n) is 18.8. The van der Waals surface area contributed by atoms with Crippen LogP contribution in [0.2, 0.25) is 5.02 Å². The van der Waals surface area contributed by atoms with Crippen molar-refractivity contribution in [3.05, 3.63) is 104 Å². The van der Waals surface area contributed by atoms with Gasteiger partial charge >= 0.3 is 0 Å². The Morgan fingerprint density at radius 1 is 1.06 bits per heavy atom. The minimum Gasteiger partial charge on any atom is -0.490 e. The van der Waals surface area contributed by atoms with E-state index in [1.165, 1.54) is 6.07 Å². The van der Waals surface area contributed by atoms with Crippen LogP contribution in [-0.4, -0.2) is 27.2 Å². The number of hydrogen-bond donors (Lipinski definition) is 0. The highest BCUT2D eigenvalue weighted by molar-refractivity contribution is 9.10. The maximum absolute atomic E-state index is 14.1. The van der Waals surface area contributed by atoms with Crippen LogP contribution in [0, 0.1) is 5.82 Å². The number of imide groups is 1. The third-order valence-corrected chi connectivity index (χ3v) is 7.46. The van der Waals surface area contributed by atoms with Crippen LogP contribution in [0.5, 0.6) is 5.75 Å². The molecule has 5 rings (SSSR count). The van der Waals surface area contributed by atoms with Crippen LogP contribution >= 0.6 is 39.3 Å². The first-order valence-corrected chi connectivity index (χ1v) is 13.0. The summed E-state index contributed by atoms with van der Waals surface area (Å²) >= 11 is 10.6. The van der Waals surface area contributed by atoms with Crippen molar-refractivity contribution in [3.8, 4) is 5.75 Å². The average molecular weight is 586 g/mol. The van der Waals surface area contributed by atoms with E-state index in [9.17, 15) is 14.0 Å². The van der Waals surface area contributed by atoms with E-state index in [-0.39, 0.29) is 6.54 Å². The van der Waals surface area contributed by atoms with Crippen LogP contribution in [0.25, 0.3) is 17.0 Å². The third-order valence-electron chi connectivity index (χ3n) is 5.75. The van der Waals surface area contributed by atoms with Crippen molar-refractivity contribution in [1.82, 2.24) is 9.47 Å². The molecule has 1 aromatic heterocycles. The summed E-state index contributed by atoms with van der Waals surface area (Å²) in [5.41, 5.74) is 2.04. The molecule has 182 valence electrons. The van der Waals surface area contributed by atoms with E-state index >= 15 is 0 Å². The molecule has 5 nitrogen and oxygen atoms in total. The molecule has 0 bridgehead atoms. The summed E-state index contributed by atoms with van der Waals surface area (Å²) in [5, 5.41) is 1.04. The van der Waals surface area contributed by atoms with Crippen LogP contribution < -0.4 is 4.74 Å². The Balaban J connectivity index is 1.40. The van der Waals surface area contributed by atoms with Gasteiger partial charge in [-0.15, -0.1) is 0 Å². The number of thioether (sulfide) groups is 1. The molecule has 0 spiro atoms. The van der Waals surface area contributed by atoms with Crippen LogP contribution in [0.3, 0.4) is 0 Å². The molecule has 36 heavy (non-hydrogen) atoms. The summed E-state index contributed by atoms with van der Waals surface area (Å²) in [7, 11) is 0. The zero-order chi connectivity index (χ0) is 25.2. The Bertz CT molecular complexity index is 1520. The van der Waals surface area contributed by atoms with Crippen molar-refractivity contribution in [2.75, 3.05) is 6.61 Å². The number of rotatable bonds is 7. The lowest BCUT2D eigenvalue weighted by atomic mass is 10.1. The van der Waals surface area contributed by atoms with Gasteiger partial charge in [0.2, 0.25) is 0 Å². The number of halogens is 3. The number of carbonyl (C=O) groups excluding carboxylic acids is 2. The molecule has 1 saturated heterocycles. The highest BCUT2D eigenvalue weighted by Crippen LogP contribution is 2.36. The summed E-state index contributed by atoms with van der Waals surface area (Å²) < 4.78 is 22.9. The predicted molar refractivity (Wildman–Crippen MR) is 144 cm³/mol. The van der Waals surface area contributed by atoms with Crippen molar-refractivity contribution in [3.63, 3.8) is 0 Å². The van der Waals surface area contributed by atoms with Gasteiger partial charge in [0, 0.05) is 32.7 Å². The van der Waals surface area contributed by atoms with E-state index in [0.29, 0.717) is 34.4 Å². The first-order valence-electron chi connectivity index (χ1n) is 11.1. The van der Waals surface area contributed by atoms with Gasteiger partial charge in [0.15, 0.2) is 0 Å². The lowest BCUT2D eigenvalue weighted by Crippen LogP contribution is -2.27. The lowest BCUT2D eigenvalue weighted by molar-refractivity contribution is -0.123. The number of para-hydroxylation sites is 1. The molecule has 0 atom stereocenters. The molecular weight excluding hydrogens is 567 g/mol. The maximum atomic E-state index is 14.1. The fourth-order valence-corrected chi connectivity index (χ4v) is 5.37. The summed E-state index contributed by atoms with van der Waals surface area (Å²) in [6.45, 7) is 0.829. The van der Waals surface area contributed by atoms with E-state index < -0.39 is 17.0 Å². The molecule has 1 aliphatic heterocycles. The molecule has 0 unspecified atom stereocenters. The SMILES string of the molecule is O=C1S/C(=C\c2cn(CCOc3ccccc3Cl)c3ccc(Br)cc23)C(=O)N1Cc1ccccc1F. The summed E-state index contributed by atoms with van der Waals surface area (Å²) in [5.74, 6) is -0.277. The van der Waals surface area contributed by atoms with Crippen molar-refractivity contribution >= 4 is 67.4 Å². The largest absolute Gasteiger partial charge is 0.490 e. The lowest BCUT2D eigenvalue weighted by Gasteiger charge is -2.12. The normalized spacial score (nSPS) is 14.9. The summed E-state index contributed by atoms with van der Waals surface area (Å²) in [4.78, 5) is 27.0. The van der Waals surface area contributed by atoms with Crippen molar-refractivity contribution in [1.29, 1.82) is 0 Å². The maximum Gasteiger partial charge on any atom is 0.293 e. The van der Waals surface area contributed by atoms with Crippen molar-refractivity contribution in [2.24, 2.45) is 0 Å². The van der Waals surface area contributed by atoms with Gasteiger partial charge in [-0.05, 0) is 54.2 Å². The second-order valence-corrected chi connectivity index (χ2v) is 10.4. The highest BCUT2D eigenvalue weighted by atomic mass is 79.9. The van der Waals surface area contributed by atoms with Gasteiger partial charge < -0.3 is 9.30 Å². The standard InChI is InChI=1S/C27H19BrClFN2O3S/c28-19-9-10-23-20(14-19)18(15-31(23)11-12-35-24-8-4-2-6-21(24)29)13-25-26(33)32(27(34)36-25)16-17-5-1-3-7-22(17)30/h1-10,13-15H,11-12,16H2/b25-13-. The van der Waals surface area contributed by atoms with E-state index in [0.717, 1.165) is 37.6 Å². The molecule has 1 fully saturated rings. The number of carbonyl (C=O) groups is 2. The number of ether oxygens (including phenoxy) is 1. The smallest absolute Gasteiger partial charge is 0.293 e. The quantitative estimate of drug-likeness (QED) is 0.211. The van der Waals surface area contributed by atoms with E-state index in [2.05, 4.69) is 15.9 Å². The minimum atomic E-state index is -0.451. The van der Waals surface area contributed by atoms with Gasteiger partial charge in [-0.25, -0.2) is 4.39 Å². The molecular formula is C27H19BrClFN2O3S. The predicted octanol–water partition coefficient (Wildman–Crippen LogP) is 7.51. The van der Waals surface area contributed by atoms with Crippen molar-refractivity contribution in [2.45, 2.75) is 13.1 Å². The first-order chi connectivity index (χ1) is 17.4. The summed E-state index contributed by atoms with van der Waals surface area (Å²) in [6, 6.07) is 19.3. The van der Waals surface area contributed by atoms with Crippen LogP contribution in [-0.2, 0) is 17.9 Å².